The summed E-state index contributed by atoms with van der Waals surface area (Å²) in [6, 6.07) is 7.73. The van der Waals surface area contributed by atoms with E-state index < -0.39 is 11.3 Å². The minimum atomic E-state index is -1.13. The van der Waals surface area contributed by atoms with E-state index in [0.29, 0.717) is 62.2 Å². The Morgan fingerprint density at radius 2 is 0.773 bits per heavy atom. The number of ether oxygens (including phenoxy) is 8. The predicted molar refractivity (Wildman–Crippen MR) is 482 cm³/mol. The topological polar surface area (TPSA) is 180 Å². The van der Waals surface area contributed by atoms with Gasteiger partial charge in [0.2, 0.25) is 0 Å². The van der Waals surface area contributed by atoms with Crippen LogP contribution in [0.25, 0.3) is 0 Å². The predicted octanol–water partition coefficient (Wildman–Crippen LogP) is 13.6. The third kappa shape index (κ3) is 42.1. The number of alkyl halides is 3. The molecule has 2 aliphatic carbocycles. The van der Waals surface area contributed by atoms with Crippen LogP contribution in [-0.4, -0.2) is 349 Å². The molecule has 2 saturated carbocycles. The number of hydrogen-bond acceptors (Lipinski definition) is 21. The molecule has 13 aliphatic rings. The van der Waals surface area contributed by atoms with Gasteiger partial charge >= 0.3 is 0 Å². The highest BCUT2D eigenvalue weighted by Crippen LogP contribution is 2.37. The summed E-state index contributed by atoms with van der Waals surface area (Å²) in [6.07, 6.45) is 20.0. The van der Waals surface area contributed by atoms with Crippen LogP contribution in [0.3, 0.4) is 0 Å². The summed E-state index contributed by atoms with van der Waals surface area (Å²) in [5.41, 5.74) is -1.68. The molecule has 0 spiro atoms. The molecule has 0 aromatic heterocycles. The molecule has 0 bridgehead atoms. The van der Waals surface area contributed by atoms with Crippen molar-refractivity contribution in [2.24, 2.45) is 23.7 Å². The highest BCUT2D eigenvalue weighted by molar-refractivity contribution is 4.96. The van der Waals surface area contributed by atoms with E-state index >= 15 is 0 Å². The first-order valence-electron chi connectivity index (χ1n) is 47.9. The molecule has 0 aromatic carbocycles. The highest BCUT2D eigenvalue weighted by atomic mass is 19.1. The van der Waals surface area contributed by atoms with Crippen LogP contribution in [-0.2, 0) is 37.9 Å². The van der Waals surface area contributed by atoms with E-state index in [1.54, 1.807) is 0 Å². The molecule has 24 heteroatoms. The Labute approximate surface area is 726 Å². The quantitative estimate of drug-likeness (QED) is 0.0645. The molecule has 21 nitrogen and oxygen atoms in total. The maximum atomic E-state index is 14.7. The van der Waals surface area contributed by atoms with Crippen molar-refractivity contribution in [2.45, 2.75) is 373 Å². The monoisotopic (exact) mass is 1690 g/mol. The van der Waals surface area contributed by atoms with Crippen LogP contribution in [0.15, 0.2) is 0 Å². The average Bonchev–Trinajstić information content (AvgIpc) is 1.67. The number of piperazine rings is 1. The number of nitrogens with one attached hydrogen (secondary N) is 5. The van der Waals surface area contributed by atoms with E-state index in [4.69, 9.17) is 43.2 Å². The number of halogens is 3. The van der Waals surface area contributed by atoms with Crippen molar-refractivity contribution in [3.63, 3.8) is 0 Å². The molecule has 13 fully saturated rings. The lowest BCUT2D eigenvalue weighted by Gasteiger charge is -2.45. The smallest absolute Gasteiger partial charge is 0.136 e. The number of nitrogens with zero attached hydrogens (tertiary/aromatic N) is 8. The van der Waals surface area contributed by atoms with Crippen LogP contribution >= 0.6 is 0 Å². The van der Waals surface area contributed by atoms with Gasteiger partial charge in [0, 0.05) is 169 Å². The fourth-order valence-corrected chi connectivity index (χ4v) is 18.6. The summed E-state index contributed by atoms with van der Waals surface area (Å²) >= 11 is 0. The van der Waals surface area contributed by atoms with Crippen LogP contribution < -0.4 is 26.6 Å². The molecule has 11 heterocycles. The molecule has 0 radical (unpaired) electrons. The fourth-order valence-electron chi connectivity index (χ4n) is 18.6. The zero-order chi connectivity index (χ0) is 87.3. The lowest BCUT2D eigenvalue weighted by Crippen LogP contribution is -2.55. The molecule has 698 valence electrons. The lowest BCUT2D eigenvalue weighted by molar-refractivity contribution is -0.112. The summed E-state index contributed by atoms with van der Waals surface area (Å²) in [5.74, 6) is 2.59. The van der Waals surface area contributed by atoms with Gasteiger partial charge in [-0.3, -0.25) is 38.7 Å². The second-order valence-corrected chi connectivity index (χ2v) is 45.0. The lowest BCUT2D eigenvalue weighted by atomic mass is 9.88. The van der Waals surface area contributed by atoms with Gasteiger partial charge in [-0.15, -0.1) is 0 Å². The van der Waals surface area contributed by atoms with Gasteiger partial charge in [0.15, 0.2) is 0 Å². The van der Waals surface area contributed by atoms with Crippen molar-refractivity contribution < 1.29 is 51.1 Å². The number of likely N-dealkylation sites (tertiary alicyclic amines) is 4. The van der Waals surface area contributed by atoms with E-state index in [2.05, 4.69) is 178 Å². The van der Waals surface area contributed by atoms with Crippen LogP contribution in [0, 0.1) is 35.0 Å². The summed E-state index contributed by atoms with van der Waals surface area (Å²) in [5, 5.41) is 26.7. The highest BCUT2D eigenvalue weighted by Gasteiger charge is 2.43. The van der Waals surface area contributed by atoms with Gasteiger partial charge in [-0.2, -0.15) is 5.26 Å². The van der Waals surface area contributed by atoms with Crippen molar-refractivity contribution in [2.75, 3.05) is 210 Å². The van der Waals surface area contributed by atoms with Gasteiger partial charge in [-0.05, 0) is 304 Å². The van der Waals surface area contributed by atoms with E-state index in [9.17, 15) is 13.2 Å². The van der Waals surface area contributed by atoms with Crippen LogP contribution in [0.2, 0.25) is 0 Å². The van der Waals surface area contributed by atoms with E-state index in [-0.39, 0.29) is 64.9 Å². The SMILES string of the molecule is CC(C)(C)NC1CCC(N2CCN(C3CCOCC3)CC2)CC1.CC(C)(C)NCC1CN(CC#N)CCO1.CC(C)(C)NC[C@@H]1CCN(C2COC2)C1.CC(C)(C)NC[C@H]1CCN(C2COC2)C1.CC(C)(C)OCC1(F)CCN(C2CCOCC2)CC1.CC(C)(C)OCC1(F)CCN(C2COC2)CC1.CCC(CF)C1CC[C@H](NC(C)(C)C)C1. The number of morpholine rings is 1. The normalized spacial score (nSPS) is 28.6. The third-order valence-electron chi connectivity index (χ3n) is 26.3. The summed E-state index contributed by atoms with van der Waals surface area (Å²) in [6.45, 7) is 76.4. The average molecular weight is 1690 g/mol. The Hall–Kier alpha value is -1.52. The van der Waals surface area contributed by atoms with Gasteiger partial charge in [0.25, 0.3) is 0 Å². The standard InChI is InChI=1S/C19H37N3O.C15H28FNO2.C13H24FNO2.C13H26FN.2C12H24N2O.C11H21N3O/c1-19(2,3)20-16-4-6-17(7-5-16)21-10-12-22(13-11-21)18-8-14-23-15-9-18;1-14(2,3)19-12-15(16)6-8-17(9-7-15)13-4-10-18-11-5-13;1-12(2,3)17-10-13(14)4-6-15(7-5-13)11-8-16-9-11;1-5-10(9-14)11-6-7-12(8-11)15-13(2,3)4;2*1-12(2,3)13-6-10-4-5-14(7-10)11-8-15-9-11;1-11(2,3)13-8-10-9-14(5-4-12)6-7-15-10/h16-18,20H,4-15H2,1-3H3;13H,4-12H2,1-3H3;11H,4-10H2,1-3H3;10-12,15H,5-9H2,1-4H3;2*10-11,13H,4-9H2,1-3H3;10,13H,5-9H2,1-3H3/t;;;10?,11?,12-;2*10-;/m...010./s1. The first-order valence-corrected chi connectivity index (χ1v) is 47.9. The van der Waals surface area contributed by atoms with Crippen LogP contribution in [0.4, 0.5) is 13.2 Å². The van der Waals surface area contributed by atoms with E-state index in [1.165, 1.54) is 123 Å². The van der Waals surface area contributed by atoms with Crippen molar-refractivity contribution in [1.29, 1.82) is 5.26 Å². The number of hydrogen-bond donors (Lipinski definition) is 5. The van der Waals surface area contributed by atoms with Crippen molar-refractivity contribution in [3.05, 3.63) is 0 Å². The molecular formula is C95H184F3N13O8. The summed E-state index contributed by atoms with van der Waals surface area (Å²) < 4.78 is 85.3. The first kappa shape index (κ1) is 105. The zero-order valence-electron chi connectivity index (χ0n) is 80.3. The van der Waals surface area contributed by atoms with Crippen molar-refractivity contribution in [1.82, 2.24) is 60.9 Å². The molecule has 11 saturated heterocycles. The Balaban J connectivity index is 0.000000193. The van der Waals surface area contributed by atoms with Gasteiger partial charge in [0.05, 0.1) is 114 Å². The van der Waals surface area contributed by atoms with E-state index in [0.717, 1.165) is 193 Å². The first-order chi connectivity index (χ1) is 55.8. The maximum absolute atomic E-state index is 14.7. The fraction of sp³-hybridized carbons (Fsp3) is 0.989. The summed E-state index contributed by atoms with van der Waals surface area (Å²) in [4.78, 5) is 17.6. The minimum absolute atomic E-state index is 0.126. The molecule has 0 amide bonds. The number of piperidine rings is 2. The van der Waals surface area contributed by atoms with Crippen LogP contribution in [0.5, 0.6) is 0 Å². The second kappa shape index (κ2) is 49.9. The van der Waals surface area contributed by atoms with Gasteiger partial charge in [-0.25, -0.2) is 8.78 Å². The van der Waals surface area contributed by atoms with Gasteiger partial charge < -0.3 is 64.5 Å². The number of rotatable bonds is 22. The van der Waals surface area contributed by atoms with Gasteiger partial charge in [0.1, 0.15) is 11.3 Å². The summed E-state index contributed by atoms with van der Waals surface area (Å²) in [7, 11) is 0. The maximum Gasteiger partial charge on any atom is 0.136 e. The number of nitriles is 1. The largest absolute Gasteiger partial charge is 0.381 e. The molecule has 13 rings (SSSR count). The Morgan fingerprint density at radius 1 is 0.403 bits per heavy atom. The van der Waals surface area contributed by atoms with Crippen LogP contribution in [0.1, 0.15) is 268 Å². The Bertz CT molecular complexity index is 2680. The molecule has 119 heavy (non-hydrogen) atoms. The Kier molecular flexibility index (Phi) is 43.8. The molecule has 3 unspecified atom stereocenters. The Morgan fingerprint density at radius 3 is 1.13 bits per heavy atom. The van der Waals surface area contributed by atoms with Crippen molar-refractivity contribution in [3.8, 4) is 6.07 Å². The zero-order valence-corrected chi connectivity index (χ0v) is 80.3. The van der Waals surface area contributed by atoms with Gasteiger partial charge in [-0.1, -0.05) is 13.3 Å². The second-order valence-electron chi connectivity index (χ2n) is 45.0. The van der Waals surface area contributed by atoms with Crippen molar-refractivity contribution >= 4 is 0 Å². The molecule has 0 aromatic rings. The molecule has 11 aliphatic heterocycles. The minimum Gasteiger partial charge on any atom is -0.381 e. The molecule has 6 atom stereocenters. The molecule has 5 N–H and O–H groups in total. The molecular weight excluding hydrogens is 1510 g/mol. The van der Waals surface area contributed by atoms with E-state index in [1.807, 2.05) is 41.5 Å². The third-order valence-corrected chi connectivity index (χ3v) is 26.3.